The number of benzene rings is 2. The van der Waals surface area contributed by atoms with E-state index in [-0.39, 0.29) is 23.9 Å². The second-order valence-corrected chi connectivity index (χ2v) is 8.85. The van der Waals surface area contributed by atoms with Crippen LogP contribution in [0.25, 0.3) is 17.1 Å². The molecule has 1 amide bonds. The number of nitrogens with zero attached hydrogens (tertiary/aromatic N) is 4. The summed E-state index contributed by atoms with van der Waals surface area (Å²) in [6.07, 6.45) is 4.10. The van der Waals surface area contributed by atoms with Gasteiger partial charge in [0.05, 0.1) is 13.2 Å². The number of aliphatic hydroxyl groups excluding tert-OH is 1. The van der Waals surface area contributed by atoms with Crippen molar-refractivity contribution in [1.29, 1.82) is 0 Å². The number of carbonyl (C=O) groups excluding carboxylic acids is 2. The first kappa shape index (κ1) is 26.3. The van der Waals surface area contributed by atoms with Crippen LogP contribution >= 0.6 is 0 Å². The molecule has 5 rings (SSSR count). The highest BCUT2D eigenvalue weighted by Crippen LogP contribution is 2.25. The van der Waals surface area contributed by atoms with E-state index in [1.165, 1.54) is 6.20 Å². The number of aromatic nitrogens is 4. The number of aliphatic hydroxyl groups is 1. The molecule has 11 heteroatoms. The Labute approximate surface area is 229 Å². The molecule has 3 heterocycles. The maximum Gasteiger partial charge on any atom is 0.291 e. The largest absolute Gasteiger partial charge is 0.497 e. The van der Waals surface area contributed by atoms with Gasteiger partial charge in [0.15, 0.2) is 11.6 Å². The molecule has 3 aromatic heterocycles. The standard InChI is InChI=1S/C29H26N6O5/c1-18(36)17-32-29-31-13-12-25(34-29)35-15-14-30-27(35)26(37)20-4-3-5-21(16-20)33-28(38)24-11-10-23(40-24)19-6-8-22(39-2)9-7-19/h3-16,18,36H,17H2,1-2H3,(H,33,38)(H,31,32,34). The average molecular weight is 539 g/mol. The Kier molecular flexibility index (Phi) is 7.65. The van der Waals surface area contributed by atoms with Crippen molar-refractivity contribution in [3.8, 4) is 22.9 Å². The van der Waals surface area contributed by atoms with Crippen molar-refractivity contribution in [3.05, 3.63) is 102 Å². The van der Waals surface area contributed by atoms with Gasteiger partial charge in [-0.05, 0) is 61.5 Å². The summed E-state index contributed by atoms with van der Waals surface area (Å²) in [7, 11) is 1.59. The maximum atomic E-state index is 13.4. The van der Waals surface area contributed by atoms with Gasteiger partial charge in [-0.1, -0.05) is 12.1 Å². The van der Waals surface area contributed by atoms with E-state index in [1.54, 1.807) is 73.5 Å². The Bertz CT molecular complexity index is 1640. The zero-order chi connectivity index (χ0) is 28.1. The number of ether oxygens (including phenoxy) is 1. The van der Waals surface area contributed by atoms with Crippen LogP contribution in [0.4, 0.5) is 11.6 Å². The predicted molar refractivity (Wildman–Crippen MR) is 148 cm³/mol. The third-order valence-corrected chi connectivity index (χ3v) is 5.87. The molecular weight excluding hydrogens is 512 g/mol. The van der Waals surface area contributed by atoms with Crippen molar-refractivity contribution in [2.45, 2.75) is 13.0 Å². The summed E-state index contributed by atoms with van der Waals surface area (Å²) < 4.78 is 12.5. The molecule has 1 unspecified atom stereocenters. The van der Waals surface area contributed by atoms with Crippen LogP contribution in [0, 0.1) is 0 Å². The molecule has 0 aliphatic heterocycles. The van der Waals surface area contributed by atoms with Crippen molar-refractivity contribution >= 4 is 23.3 Å². The van der Waals surface area contributed by atoms with E-state index in [2.05, 4.69) is 25.6 Å². The highest BCUT2D eigenvalue weighted by Gasteiger charge is 2.19. The summed E-state index contributed by atoms with van der Waals surface area (Å²) in [5.41, 5.74) is 1.55. The van der Waals surface area contributed by atoms with Gasteiger partial charge in [-0.25, -0.2) is 9.97 Å². The van der Waals surface area contributed by atoms with E-state index in [4.69, 9.17) is 9.15 Å². The summed E-state index contributed by atoms with van der Waals surface area (Å²) in [6, 6.07) is 18.8. The number of nitrogens with one attached hydrogen (secondary N) is 2. The zero-order valence-corrected chi connectivity index (χ0v) is 21.7. The lowest BCUT2D eigenvalue weighted by Crippen LogP contribution is -2.18. The van der Waals surface area contributed by atoms with E-state index < -0.39 is 12.0 Å². The van der Waals surface area contributed by atoms with Gasteiger partial charge < -0.3 is 24.9 Å². The Morgan fingerprint density at radius 2 is 1.88 bits per heavy atom. The van der Waals surface area contributed by atoms with Crippen LogP contribution in [-0.2, 0) is 0 Å². The topological polar surface area (TPSA) is 144 Å². The fraction of sp³-hybridized carbons (Fsp3) is 0.138. The van der Waals surface area contributed by atoms with E-state index in [0.717, 1.165) is 11.3 Å². The van der Waals surface area contributed by atoms with Gasteiger partial charge in [0.25, 0.3) is 5.91 Å². The zero-order valence-electron chi connectivity index (χ0n) is 21.7. The Hall–Kier alpha value is -5.29. The molecular formula is C29H26N6O5. The fourth-order valence-electron chi connectivity index (χ4n) is 3.89. The number of rotatable bonds is 10. The number of methoxy groups -OCH3 is 1. The molecule has 5 aromatic rings. The fourth-order valence-corrected chi connectivity index (χ4v) is 3.89. The van der Waals surface area contributed by atoms with E-state index >= 15 is 0 Å². The first-order valence-corrected chi connectivity index (χ1v) is 12.4. The smallest absolute Gasteiger partial charge is 0.291 e. The van der Waals surface area contributed by atoms with Crippen LogP contribution in [0.2, 0.25) is 0 Å². The lowest BCUT2D eigenvalue weighted by Gasteiger charge is -2.10. The van der Waals surface area contributed by atoms with E-state index in [0.29, 0.717) is 28.8 Å². The number of furan rings is 1. The van der Waals surface area contributed by atoms with Gasteiger partial charge >= 0.3 is 0 Å². The molecule has 0 saturated carbocycles. The summed E-state index contributed by atoms with van der Waals surface area (Å²) >= 11 is 0. The lowest BCUT2D eigenvalue weighted by atomic mass is 10.1. The number of hydrogen-bond donors (Lipinski definition) is 3. The molecule has 0 saturated heterocycles. The molecule has 0 spiro atoms. The average Bonchev–Trinajstić information content (AvgIpc) is 3.67. The van der Waals surface area contributed by atoms with Gasteiger partial charge in [-0.15, -0.1) is 0 Å². The van der Waals surface area contributed by atoms with Crippen LogP contribution < -0.4 is 15.4 Å². The predicted octanol–water partition coefficient (Wildman–Crippen LogP) is 4.21. The number of imidazole rings is 1. The summed E-state index contributed by atoms with van der Waals surface area (Å²) in [5, 5.41) is 15.2. The molecule has 40 heavy (non-hydrogen) atoms. The summed E-state index contributed by atoms with van der Waals surface area (Å²) in [4.78, 5) is 39.1. The normalized spacial score (nSPS) is 11.6. The van der Waals surface area contributed by atoms with Gasteiger partial charge in [-0.3, -0.25) is 14.2 Å². The minimum Gasteiger partial charge on any atom is -0.497 e. The highest BCUT2D eigenvalue weighted by molar-refractivity contribution is 6.08. The maximum absolute atomic E-state index is 13.4. The van der Waals surface area contributed by atoms with Crippen LogP contribution in [-0.4, -0.2) is 56.1 Å². The molecule has 0 aliphatic carbocycles. The Balaban J connectivity index is 1.31. The van der Waals surface area contributed by atoms with Crippen molar-refractivity contribution in [2.75, 3.05) is 24.3 Å². The van der Waals surface area contributed by atoms with E-state index in [9.17, 15) is 14.7 Å². The monoisotopic (exact) mass is 538 g/mol. The molecule has 1 atom stereocenters. The van der Waals surface area contributed by atoms with Crippen LogP contribution in [0.5, 0.6) is 5.75 Å². The van der Waals surface area contributed by atoms with Crippen molar-refractivity contribution in [3.63, 3.8) is 0 Å². The van der Waals surface area contributed by atoms with Crippen LogP contribution in [0.3, 0.4) is 0 Å². The van der Waals surface area contributed by atoms with Crippen molar-refractivity contribution in [1.82, 2.24) is 19.5 Å². The minimum atomic E-state index is -0.575. The van der Waals surface area contributed by atoms with E-state index in [1.807, 2.05) is 24.3 Å². The number of anilines is 2. The Morgan fingerprint density at radius 3 is 2.65 bits per heavy atom. The highest BCUT2D eigenvalue weighted by atomic mass is 16.5. The lowest BCUT2D eigenvalue weighted by molar-refractivity contribution is 0.0994. The molecule has 11 nitrogen and oxygen atoms in total. The molecule has 3 N–H and O–H groups in total. The second kappa shape index (κ2) is 11.6. The number of carbonyl (C=O) groups is 2. The van der Waals surface area contributed by atoms with Gasteiger partial charge in [0.2, 0.25) is 11.7 Å². The van der Waals surface area contributed by atoms with Crippen LogP contribution in [0.15, 0.2) is 89.7 Å². The summed E-state index contributed by atoms with van der Waals surface area (Å²) in [6.45, 7) is 1.92. The van der Waals surface area contributed by atoms with Gasteiger partial charge in [0.1, 0.15) is 17.3 Å². The molecule has 0 bridgehead atoms. The first-order valence-electron chi connectivity index (χ1n) is 12.4. The van der Waals surface area contributed by atoms with Crippen molar-refractivity contribution < 1.29 is 23.8 Å². The number of hydrogen-bond acceptors (Lipinski definition) is 9. The molecule has 0 radical (unpaired) electrons. The summed E-state index contributed by atoms with van der Waals surface area (Å²) in [5.74, 6) is 1.44. The van der Waals surface area contributed by atoms with Crippen LogP contribution in [0.1, 0.15) is 33.7 Å². The third-order valence-electron chi connectivity index (χ3n) is 5.87. The minimum absolute atomic E-state index is 0.127. The first-order chi connectivity index (χ1) is 19.4. The van der Waals surface area contributed by atoms with Gasteiger partial charge in [-0.2, -0.15) is 4.98 Å². The SMILES string of the molecule is COc1ccc(-c2ccc(C(=O)Nc3cccc(C(=O)c4nccn4-c4ccnc(NCC(C)O)n4)c3)o2)cc1. The second-order valence-electron chi connectivity index (χ2n) is 8.85. The number of amides is 1. The third kappa shape index (κ3) is 5.89. The van der Waals surface area contributed by atoms with Gasteiger partial charge in [0, 0.05) is 41.9 Å². The Morgan fingerprint density at radius 1 is 1.05 bits per heavy atom. The molecule has 2 aromatic carbocycles. The quantitative estimate of drug-likeness (QED) is 0.223. The molecule has 0 aliphatic rings. The molecule has 202 valence electrons. The van der Waals surface area contributed by atoms with Crippen molar-refractivity contribution in [2.24, 2.45) is 0 Å². The molecule has 0 fully saturated rings. The number of ketones is 1.